The monoisotopic (exact) mass is 227 g/mol. The molecular formula is C13H25NO2. The van der Waals surface area contributed by atoms with E-state index in [4.69, 9.17) is 4.74 Å². The number of amides is 1. The van der Waals surface area contributed by atoms with Crippen molar-refractivity contribution in [2.45, 2.75) is 53.2 Å². The lowest BCUT2D eigenvalue weighted by Crippen LogP contribution is -2.50. The largest absolute Gasteiger partial charge is 0.369 e. The maximum atomic E-state index is 12.0. The van der Waals surface area contributed by atoms with Gasteiger partial charge in [-0.2, -0.15) is 0 Å². The Morgan fingerprint density at radius 1 is 1.38 bits per heavy atom. The Morgan fingerprint density at radius 2 is 2.00 bits per heavy atom. The first-order chi connectivity index (χ1) is 7.41. The Hall–Kier alpha value is -0.570. The second-order valence-electron chi connectivity index (χ2n) is 5.46. The summed E-state index contributed by atoms with van der Waals surface area (Å²) in [7, 11) is 0. The standard InChI is InChI=1S/C13H25NO2/c1-9(2)16-8-13(15)14-7-10(3)6-11(4)12(14)5/h9-12H,6-8H2,1-5H3. The van der Waals surface area contributed by atoms with Crippen LogP contribution in [-0.2, 0) is 9.53 Å². The second kappa shape index (κ2) is 5.67. The molecule has 0 bridgehead atoms. The summed E-state index contributed by atoms with van der Waals surface area (Å²) in [5.41, 5.74) is 0. The molecule has 94 valence electrons. The van der Waals surface area contributed by atoms with Gasteiger partial charge in [-0.05, 0) is 39.0 Å². The van der Waals surface area contributed by atoms with Crippen LogP contribution < -0.4 is 0 Å². The lowest BCUT2D eigenvalue weighted by Gasteiger charge is -2.41. The number of nitrogens with zero attached hydrogens (tertiary/aromatic N) is 1. The molecule has 3 unspecified atom stereocenters. The molecule has 0 aromatic rings. The van der Waals surface area contributed by atoms with Gasteiger partial charge in [0.1, 0.15) is 6.61 Å². The third-order valence-electron chi connectivity index (χ3n) is 3.46. The van der Waals surface area contributed by atoms with Crippen molar-refractivity contribution in [2.75, 3.05) is 13.2 Å². The Morgan fingerprint density at radius 3 is 2.56 bits per heavy atom. The zero-order chi connectivity index (χ0) is 12.3. The summed E-state index contributed by atoms with van der Waals surface area (Å²) in [6.07, 6.45) is 1.34. The third kappa shape index (κ3) is 3.48. The SMILES string of the molecule is CC1CC(C)C(C)N(C(=O)COC(C)C)C1. The normalized spacial score (nSPS) is 30.9. The fourth-order valence-corrected chi connectivity index (χ4v) is 2.37. The smallest absolute Gasteiger partial charge is 0.248 e. The number of carbonyl (C=O) groups excluding carboxylic acids is 1. The van der Waals surface area contributed by atoms with Crippen molar-refractivity contribution in [3.8, 4) is 0 Å². The van der Waals surface area contributed by atoms with E-state index in [0.717, 1.165) is 6.54 Å². The van der Waals surface area contributed by atoms with Gasteiger partial charge in [-0.15, -0.1) is 0 Å². The highest BCUT2D eigenvalue weighted by atomic mass is 16.5. The van der Waals surface area contributed by atoms with Gasteiger partial charge in [-0.3, -0.25) is 4.79 Å². The highest BCUT2D eigenvalue weighted by Gasteiger charge is 2.31. The minimum Gasteiger partial charge on any atom is -0.369 e. The lowest BCUT2D eigenvalue weighted by molar-refractivity contribution is -0.143. The molecule has 0 radical (unpaired) electrons. The van der Waals surface area contributed by atoms with Gasteiger partial charge in [0.25, 0.3) is 0 Å². The van der Waals surface area contributed by atoms with E-state index in [1.54, 1.807) is 0 Å². The topological polar surface area (TPSA) is 29.5 Å². The van der Waals surface area contributed by atoms with Gasteiger partial charge in [0.15, 0.2) is 0 Å². The molecule has 3 atom stereocenters. The van der Waals surface area contributed by atoms with Crippen LogP contribution in [0.1, 0.15) is 41.0 Å². The third-order valence-corrected chi connectivity index (χ3v) is 3.46. The second-order valence-corrected chi connectivity index (χ2v) is 5.46. The Balaban J connectivity index is 2.52. The quantitative estimate of drug-likeness (QED) is 0.740. The maximum absolute atomic E-state index is 12.0. The molecule has 16 heavy (non-hydrogen) atoms. The summed E-state index contributed by atoms with van der Waals surface area (Å²) in [6, 6.07) is 0.347. The van der Waals surface area contributed by atoms with E-state index in [2.05, 4.69) is 20.8 Å². The van der Waals surface area contributed by atoms with Gasteiger partial charge < -0.3 is 9.64 Å². The van der Waals surface area contributed by atoms with Gasteiger partial charge in [-0.1, -0.05) is 13.8 Å². The molecule has 0 spiro atoms. The molecule has 3 nitrogen and oxygen atoms in total. The number of hydrogen-bond donors (Lipinski definition) is 0. The molecule has 1 saturated heterocycles. The molecular weight excluding hydrogens is 202 g/mol. The zero-order valence-electron chi connectivity index (χ0n) is 11.2. The highest BCUT2D eigenvalue weighted by molar-refractivity contribution is 5.78. The minimum absolute atomic E-state index is 0.124. The number of piperidine rings is 1. The van der Waals surface area contributed by atoms with Crippen molar-refractivity contribution in [2.24, 2.45) is 11.8 Å². The van der Waals surface area contributed by atoms with Crippen LogP contribution in [0.15, 0.2) is 0 Å². The molecule has 3 heteroatoms. The van der Waals surface area contributed by atoms with Crippen LogP contribution in [-0.4, -0.2) is 36.1 Å². The first kappa shape index (κ1) is 13.5. The molecule has 1 rings (SSSR count). The van der Waals surface area contributed by atoms with Crippen LogP contribution in [0.5, 0.6) is 0 Å². The summed E-state index contributed by atoms with van der Waals surface area (Å²) < 4.78 is 5.38. The van der Waals surface area contributed by atoms with E-state index in [1.807, 2.05) is 18.7 Å². The van der Waals surface area contributed by atoms with Crippen molar-refractivity contribution >= 4 is 5.91 Å². The first-order valence-corrected chi connectivity index (χ1v) is 6.32. The predicted molar refractivity (Wildman–Crippen MR) is 65.2 cm³/mol. The fraction of sp³-hybridized carbons (Fsp3) is 0.923. The van der Waals surface area contributed by atoms with Crippen LogP contribution in [0.3, 0.4) is 0 Å². The summed E-state index contributed by atoms with van der Waals surface area (Å²) in [6.45, 7) is 11.6. The number of hydrogen-bond acceptors (Lipinski definition) is 2. The van der Waals surface area contributed by atoms with Gasteiger partial charge >= 0.3 is 0 Å². The van der Waals surface area contributed by atoms with Crippen LogP contribution in [0, 0.1) is 11.8 Å². The van der Waals surface area contributed by atoms with Crippen molar-refractivity contribution in [1.82, 2.24) is 4.90 Å². The van der Waals surface area contributed by atoms with E-state index >= 15 is 0 Å². The molecule has 0 N–H and O–H groups in total. The summed E-state index contributed by atoms with van der Waals surface area (Å²) in [5, 5.41) is 0. The van der Waals surface area contributed by atoms with E-state index in [-0.39, 0.29) is 18.6 Å². The Labute approximate surface area is 99.1 Å². The Bertz CT molecular complexity index is 240. The van der Waals surface area contributed by atoms with Crippen LogP contribution in [0.25, 0.3) is 0 Å². The average molecular weight is 227 g/mol. The molecule has 0 aromatic heterocycles. The van der Waals surface area contributed by atoms with E-state index in [1.165, 1.54) is 6.42 Å². The van der Waals surface area contributed by atoms with Crippen molar-refractivity contribution in [3.05, 3.63) is 0 Å². The van der Waals surface area contributed by atoms with E-state index in [0.29, 0.717) is 17.9 Å². The molecule has 1 aliphatic rings. The van der Waals surface area contributed by atoms with Crippen molar-refractivity contribution < 1.29 is 9.53 Å². The molecule has 1 aliphatic heterocycles. The summed E-state index contributed by atoms with van der Waals surface area (Å²) in [4.78, 5) is 14.0. The van der Waals surface area contributed by atoms with Crippen LogP contribution >= 0.6 is 0 Å². The molecule has 0 saturated carbocycles. The number of rotatable bonds is 3. The summed E-state index contributed by atoms with van der Waals surface area (Å²) in [5.74, 6) is 1.33. The number of ether oxygens (including phenoxy) is 1. The maximum Gasteiger partial charge on any atom is 0.248 e. The summed E-state index contributed by atoms with van der Waals surface area (Å²) >= 11 is 0. The minimum atomic E-state index is 0.124. The van der Waals surface area contributed by atoms with Gasteiger partial charge in [0.05, 0.1) is 6.10 Å². The van der Waals surface area contributed by atoms with Gasteiger partial charge in [0, 0.05) is 12.6 Å². The first-order valence-electron chi connectivity index (χ1n) is 6.32. The molecule has 0 aromatic carbocycles. The fourth-order valence-electron chi connectivity index (χ4n) is 2.37. The molecule has 0 aliphatic carbocycles. The van der Waals surface area contributed by atoms with Gasteiger partial charge in [0.2, 0.25) is 5.91 Å². The lowest BCUT2D eigenvalue weighted by atomic mass is 9.86. The van der Waals surface area contributed by atoms with Gasteiger partial charge in [-0.25, -0.2) is 0 Å². The van der Waals surface area contributed by atoms with Crippen molar-refractivity contribution in [1.29, 1.82) is 0 Å². The number of carbonyl (C=O) groups is 1. The molecule has 1 fully saturated rings. The molecule has 1 heterocycles. The van der Waals surface area contributed by atoms with Crippen LogP contribution in [0.4, 0.5) is 0 Å². The Kier molecular flexibility index (Phi) is 4.78. The highest BCUT2D eigenvalue weighted by Crippen LogP contribution is 2.26. The zero-order valence-corrected chi connectivity index (χ0v) is 11.2. The number of likely N-dealkylation sites (tertiary alicyclic amines) is 1. The van der Waals surface area contributed by atoms with E-state index < -0.39 is 0 Å². The predicted octanol–water partition coefficient (Wildman–Crippen LogP) is 2.30. The van der Waals surface area contributed by atoms with Crippen LogP contribution in [0.2, 0.25) is 0 Å². The van der Waals surface area contributed by atoms with Crippen molar-refractivity contribution in [3.63, 3.8) is 0 Å². The average Bonchev–Trinajstić information content (AvgIpc) is 2.19. The molecule has 1 amide bonds. The van der Waals surface area contributed by atoms with E-state index in [9.17, 15) is 4.79 Å².